The largest absolute Gasteiger partial charge is 0.459 e. The van der Waals surface area contributed by atoms with Gasteiger partial charge in [0.25, 0.3) is 0 Å². The average molecular weight is 523 g/mol. The van der Waals surface area contributed by atoms with Crippen molar-refractivity contribution in [1.29, 1.82) is 0 Å². The van der Waals surface area contributed by atoms with Crippen LogP contribution in [0.4, 0.5) is 16.2 Å². The van der Waals surface area contributed by atoms with Crippen LogP contribution in [0.1, 0.15) is 11.3 Å². The van der Waals surface area contributed by atoms with Crippen molar-refractivity contribution in [2.45, 2.75) is 13.0 Å². The van der Waals surface area contributed by atoms with Gasteiger partial charge in [-0.2, -0.15) is 0 Å². The van der Waals surface area contributed by atoms with Gasteiger partial charge < -0.3 is 20.4 Å². The summed E-state index contributed by atoms with van der Waals surface area (Å²) in [5, 5.41) is 9.81. The Labute approximate surface area is 226 Å². The van der Waals surface area contributed by atoms with Crippen LogP contribution in [-0.2, 0) is 13.0 Å². The molecule has 6 nitrogen and oxygen atoms in total. The van der Waals surface area contributed by atoms with Crippen LogP contribution in [0.5, 0.6) is 0 Å². The highest BCUT2D eigenvalue weighted by atomic mass is 35.5. The van der Waals surface area contributed by atoms with Gasteiger partial charge in [-0.1, -0.05) is 54.1 Å². The van der Waals surface area contributed by atoms with Crippen molar-refractivity contribution in [3.8, 4) is 22.5 Å². The minimum Gasteiger partial charge on any atom is -0.459 e. The van der Waals surface area contributed by atoms with E-state index in [1.807, 2.05) is 42.5 Å². The third kappa shape index (κ3) is 6.68. The van der Waals surface area contributed by atoms with Crippen molar-refractivity contribution < 1.29 is 9.21 Å². The number of amides is 2. The molecule has 0 atom stereocenters. The highest BCUT2D eigenvalue weighted by molar-refractivity contribution is 6.30. The molecule has 0 aliphatic carbocycles. The lowest BCUT2D eigenvalue weighted by molar-refractivity contribution is 0.262. The van der Waals surface area contributed by atoms with Gasteiger partial charge in [-0.05, 0) is 78.7 Å². The third-order valence-electron chi connectivity index (χ3n) is 5.99. The number of hydrogen-bond donors (Lipinski definition) is 3. The highest BCUT2D eigenvalue weighted by Gasteiger charge is 2.16. The smallest absolute Gasteiger partial charge is 0.323 e. The van der Waals surface area contributed by atoms with Crippen LogP contribution < -0.4 is 16.0 Å². The molecular weight excluding hydrogens is 496 g/mol. The van der Waals surface area contributed by atoms with Crippen molar-refractivity contribution in [2.24, 2.45) is 0 Å². The lowest BCUT2D eigenvalue weighted by Gasteiger charge is -2.09. The molecule has 2 heterocycles. The van der Waals surface area contributed by atoms with Gasteiger partial charge in [-0.3, -0.25) is 4.98 Å². The predicted octanol–water partition coefficient (Wildman–Crippen LogP) is 7.64. The number of aromatic nitrogens is 1. The second kappa shape index (κ2) is 12.2. The summed E-state index contributed by atoms with van der Waals surface area (Å²) >= 11 is 5.93. The number of benzene rings is 3. The van der Waals surface area contributed by atoms with E-state index in [0.717, 1.165) is 41.2 Å². The minimum absolute atomic E-state index is 0.339. The number of hydrogen-bond acceptors (Lipinski definition) is 4. The molecule has 3 aromatic carbocycles. The Morgan fingerprint density at radius 3 is 2.34 bits per heavy atom. The SMILES string of the molecule is O=C(Nc1ccc(Cl)cc1)Nc1cccc(-c2cc(CNCCc3ccccc3)oc2-c2ccncc2)c1. The van der Waals surface area contributed by atoms with Crippen LogP contribution in [0.2, 0.25) is 5.02 Å². The number of carbonyl (C=O) groups is 1. The fourth-order valence-electron chi connectivity index (χ4n) is 4.14. The van der Waals surface area contributed by atoms with E-state index < -0.39 is 0 Å². The van der Waals surface area contributed by atoms with Crippen LogP contribution in [0.25, 0.3) is 22.5 Å². The molecule has 0 radical (unpaired) electrons. The molecule has 0 bridgehead atoms. The molecule has 0 saturated carbocycles. The monoisotopic (exact) mass is 522 g/mol. The number of anilines is 2. The summed E-state index contributed by atoms with van der Waals surface area (Å²) in [6, 6.07) is 30.6. The number of furan rings is 1. The zero-order valence-corrected chi connectivity index (χ0v) is 21.4. The second-order valence-corrected chi connectivity index (χ2v) is 9.21. The summed E-state index contributed by atoms with van der Waals surface area (Å²) in [4.78, 5) is 16.7. The number of urea groups is 1. The second-order valence-electron chi connectivity index (χ2n) is 8.77. The van der Waals surface area contributed by atoms with E-state index >= 15 is 0 Å². The van der Waals surface area contributed by atoms with E-state index in [0.29, 0.717) is 22.9 Å². The van der Waals surface area contributed by atoms with Gasteiger partial charge in [0.2, 0.25) is 0 Å². The first-order valence-electron chi connectivity index (χ1n) is 12.4. The lowest BCUT2D eigenvalue weighted by Crippen LogP contribution is -2.19. The molecule has 3 N–H and O–H groups in total. The normalized spacial score (nSPS) is 10.8. The molecule has 2 amide bonds. The molecule has 0 fully saturated rings. The number of rotatable bonds is 9. The van der Waals surface area contributed by atoms with E-state index in [1.165, 1.54) is 5.56 Å². The predicted molar refractivity (Wildman–Crippen MR) is 153 cm³/mol. The topological polar surface area (TPSA) is 79.2 Å². The van der Waals surface area contributed by atoms with Gasteiger partial charge in [0.15, 0.2) is 0 Å². The number of pyridine rings is 1. The van der Waals surface area contributed by atoms with E-state index in [9.17, 15) is 4.79 Å². The first-order valence-corrected chi connectivity index (χ1v) is 12.7. The van der Waals surface area contributed by atoms with Crippen LogP contribution in [0.15, 0.2) is 114 Å². The average Bonchev–Trinajstić information content (AvgIpc) is 3.38. The molecule has 0 unspecified atom stereocenters. The van der Waals surface area contributed by atoms with Gasteiger partial charge in [0.1, 0.15) is 11.5 Å². The molecule has 0 spiro atoms. The minimum atomic E-state index is -0.339. The molecule has 2 aromatic heterocycles. The van der Waals surface area contributed by atoms with E-state index in [4.69, 9.17) is 16.0 Å². The van der Waals surface area contributed by atoms with Gasteiger partial charge in [0, 0.05) is 39.9 Å². The maximum absolute atomic E-state index is 12.6. The molecule has 7 heteroatoms. The highest BCUT2D eigenvalue weighted by Crippen LogP contribution is 2.36. The lowest BCUT2D eigenvalue weighted by atomic mass is 10.0. The van der Waals surface area contributed by atoms with Crippen molar-refractivity contribution >= 4 is 29.0 Å². The van der Waals surface area contributed by atoms with Crippen LogP contribution in [-0.4, -0.2) is 17.6 Å². The summed E-state index contributed by atoms with van der Waals surface area (Å²) in [6.07, 6.45) is 4.44. The summed E-state index contributed by atoms with van der Waals surface area (Å²) in [7, 11) is 0. The Kier molecular flexibility index (Phi) is 8.13. The van der Waals surface area contributed by atoms with Crippen molar-refractivity contribution in [3.05, 3.63) is 126 Å². The molecule has 0 aliphatic heterocycles. The molecule has 5 rings (SSSR count). The zero-order chi connectivity index (χ0) is 26.2. The Balaban J connectivity index is 1.32. The quantitative estimate of drug-likeness (QED) is 0.174. The van der Waals surface area contributed by atoms with Crippen molar-refractivity contribution in [2.75, 3.05) is 17.2 Å². The van der Waals surface area contributed by atoms with Crippen molar-refractivity contribution in [3.63, 3.8) is 0 Å². The summed E-state index contributed by atoms with van der Waals surface area (Å²) < 4.78 is 6.32. The van der Waals surface area contributed by atoms with Crippen molar-refractivity contribution in [1.82, 2.24) is 10.3 Å². The molecule has 190 valence electrons. The zero-order valence-electron chi connectivity index (χ0n) is 20.7. The molecular formula is C31H27ClN4O2. The first kappa shape index (κ1) is 25.3. The van der Waals surface area contributed by atoms with Crippen LogP contribution in [0.3, 0.4) is 0 Å². The van der Waals surface area contributed by atoms with E-state index in [2.05, 4.69) is 51.3 Å². The Hall–Kier alpha value is -4.39. The number of nitrogens with zero attached hydrogens (tertiary/aromatic N) is 1. The van der Waals surface area contributed by atoms with Crippen LogP contribution >= 0.6 is 11.6 Å². The first-order chi connectivity index (χ1) is 18.6. The molecule has 5 aromatic rings. The third-order valence-corrected chi connectivity index (χ3v) is 6.24. The van der Waals surface area contributed by atoms with E-state index in [-0.39, 0.29) is 6.03 Å². The van der Waals surface area contributed by atoms with Gasteiger partial charge in [0.05, 0.1) is 6.54 Å². The fourth-order valence-corrected chi connectivity index (χ4v) is 4.27. The van der Waals surface area contributed by atoms with E-state index in [1.54, 1.807) is 36.7 Å². The number of nitrogens with one attached hydrogen (secondary N) is 3. The summed E-state index contributed by atoms with van der Waals surface area (Å²) in [5.74, 6) is 1.59. The molecule has 0 aliphatic rings. The maximum Gasteiger partial charge on any atom is 0.323 e. The molecule has 0 saturated heterocycles. The Morgan fingerprint density at radius 1 is 0.789 bits per heavy atom. The molecule has 38 heavy (non-hydrogen) atoms. The van der Waals surface area contributed by atoms with Gasteiger partial charge >= 0.3 is 6.03 Å². The standard InChI is InChI=1S/C31H27ClN4O2/c32-25-9-11-26(12-10-25)35-31(37)36-27-8-4-7-24(19-27)29-20-28(38-30(29)23-14-17-33-18-15-23)21-34-16-13-22-5-2-1-3-6-22/h1-12,14-15,17-20,34H,13,16,21H2,(H2,35,36,37). The Bertz CT molecular complexity index is 1490. The summed E-state index contributed by atoms with van der Waals surface area (Å²) in [6.45, 7) is 1.44. The fraction of sp³-hybridized carbons (Fsp3) is 0.0968. The summed E-state index contributed by atoms with van der Waals surface area (Å²) in [5.41, 5.74) is 5.42. The van der Waals surface area contributed by atoms with Gasteiger partial charge in [-0.25, -0.2) is 4.79 Å². The number of halogens is 1. The maximum atomic E-state index is 12.6. The number of carbonyl (C=O) groups excluding carboxylic acids is 1. The van der Waals surface area contributed by atoms with Gasteiger partial charge in [-0.15, -0.1) is 0 Å². The Morgan fingerprint density at radius 2 is 1.55 bits per heavy atom. The van der Waals surface area contributed by atoms with Crippen LogP contribution in [0, 0.1) is 0 Å².